The molecule has 0 atom stereocenters. The third-order valence-electron chi connectivity index (χ3n) is 4.05. The number of hydrogen-bond acceptors (Lipinski definition) is 6. The standard InChI is InChI=1S/C21H11BrFN3O2S/c22-14-1-6-19-12(7-14)8-17(21(27)28-19)18-11-29-20(26-18)13(9-24)10-25-16-4-2-15(23)3-5-16/h1-8,10-11,25H/b13-10+. The van der Waals surface area contributed by atoms with E-state index in [0.717, 1.165) is 9.86 Å². The molecule has 2 aromatic carbocycles. The Morgan fingerprint density at radius 1 is 1.24 bits per heavy atom. The molecule has 5 nitrogen and oxygen atoms in total. The van der Waals surface area contributed by atoms with Gasteiger partial charge in [0.15, 0.2) is 0 Å². The summed E-state index contributed by atoms with van der Waals surface area (Å²) in [5.74, 6) is -0.342. The Labute approximate surface area is 176 Å². The molecule has 0 aliphatic rings. The molecule has 142 valence electrons. The normalized spacial score (nSPS) is 11.4. The molecule has 1 N–H and O–H groups in total. The van der Waals surface area contributed by atoms with Crippen molar-refractivity contribution < 1.29 is 8.81 Å². The first-order chi connectivity index (χ1) is 14.0. The predicted molar refractivity (Wildman–Crippen MR) is 115 cm³/mol. The highest BCUT2D eigenvalue weighted by Crippen LogP contribution is 2.27. The zero-order valence-corrected chi connectivity index (χ0v) is 17.1. The molecule has 0 aliphatic heterocycles. The Kier molecular flexibility index (Phi) is 5.25. The highest BCUT2D eigenvalue weighted by Gasteiger charge is 2.14. The van der Waals surface area contributed by atoms with E-state index in [4.69, 9.17) is 4.42 Å². The van der Waals surface area contributed by atoms with E-state index < -0.39 is 5.63 Å². The molecule has 4 aromatic rings. The van der Waals surface area contributed by atoms with Crippen molar-refractivity contribution in [2.24, 2.45) is 0 Å². The van der Waals surface area contributed by atoms with Crippen LogP contribution in [0.1, 0.15) is 5.01 Å². The molecular weight excluding hydrogens is 457 g/mol. The van der Waals surface area contributed by atoms with Gasteiger partial charge in [-0.05, 0) is 48.5 Å². The molecule has 0 aliphatic carbocycles. The Morgan fingerprint density at radius 3 is 2.79 bits per heavy atom. The highest BCUT2D eigenvalue weighted by molar-refractivity contribution is 9.10. The molecule has 0 spiro atoms. The van der Waals surface area contributed by atoms with Crippen molar-refractivity contribution >= 4 is 49.5 Å². The van der Waals surface area contributed by atoms with Gasteiger partial charge in [-0.3, -0.25) is 0 Å². The summed E-state index contributed by atoms with van der Waals surface area (Å²) in [6.07, 6.45) is 1.50. The first kappa shape index (κ1) is 19.1. The largest absolute Gasteiger partial charge is 0.422 e. The number of rotatable bonds is 4. The van der Waals surface area contributed by atoms with E-state index >= 15 is 0 Å². The molecule has 2 aromatic heterocycles. The van der Waals surface area contributed by atoms with Gasteiger partial charge < -0.3 is 9.73 Å². The second-order valence-corrected chi connectivity index (χ2v) is 7.76. The summed E-state index contributed by atoms with van der Waals surface area (Å²) in [7, 11) is 0. The summed E-state index contributed by atoms with van der Waals surface area (Å²) in [5.41, 5.74) is 1.67. The van der Waals surface area contributed by atoms with E-state index in [-0.39, 0.29) is 5.82 Å². The number of halogens is 2. The average Bonchev–Trinajstić information content (AvgIpc) is 3.19. The van der Waals surface area contributed by atoms with Crippen LogP contribution in [-0.2, 0) is 0 Å². The highest BCUT2D eigenvalue weighted by atomic mass is 79.9. The monoisotopic (exact) mass is 467 g/mol. The van der Waals surface area contributed by atoms with Crippen LogP contribution in [0.5, 0.6) is 0 Å². The van der Waals surface area contributed by atoms with E-state index in [2.05, 4.69) is 32.3 Å². The minimum absolute atomic E-state index is 0.290. The van der Waals surface area contributed by atoms with Crippen molar-refractivity contribution in [3.63, 3.8) is 0 Å². The van der Waals surface area contributed by atoms with Gasteiger partial charge in [0.05, 0.1) is 11.3 Å². The van der Waals surface area contributed by atoms with Gasteiger partial charge in [-0.25, -0.2) is 14.2 Å². The maximum atomic E-state index is 13.0. The summed E-state index contributed by atoms with van der Waals surface area (Å²) >= 11 is 4.64. The van der Waals surface area contributed by atoms with Crippen LogP contribution in [0.3, 0.4) is 0 Å². The second kappa shape index (κ2) is 7.99. The van der Waals surface area contributed by atoms with Crippen molar-refractivity contribution in [3.8, 4) is 17.3 Å². The van der Waals surface area contributed by atoms with E-state index in [1.165, 1.54) is 29.7 Å². The van der Waals surface area contributed by atoms with Crippen LogP contribution in [0.15, 0.2) is 73.8 Å². The molecule has 0 amide bonds. The van der Waals surface area contributed by atoms with Crippen molar-refractivity contribution in [2.75, 3.05) is 5.32 Å². The lowest BCUT2D eigenvalue weighted by Gasteiger charge is -2.01. The maximum Gasteiger partial charge on any atom is 0.345 e. The summed E-state index contributed by atoms with van der Waals surface area (Å²) in [6.45, 7) is 0. The minimum atomic E-state index is -0.497. The average molecular weight is 468 g/mol. The van der Waals surface area contributed by atoms with E-state index in [1.54, 1.807) is 35.7 Å². The third kappa shape index (κ3) is 4.11. The number of allylic oxidation sites excluding steroid dienone is 1. The molecule has 0 saturated carbocycles. The molecule has 0 fully saturated rings. The predicted octanol–water partition coefficient (Wildman–Crippen LogP) is 5.79. The van der Waals surface area contributed by atoms with Gasteiger partial charge in [-0.1, -0.05) is 15.9 Å². The van der Waals surface area contributed by atoms with Gasteiger partial charge >= 0.3 is 5.63 Å². The zero-order chi connectivity index (χ0) is 20.4. The van der Waals surface area contributed by atoms with Gasteiger partial charge in [-0.15, -0.1) is 11.3 Å². The van der Waals surface area contributed by atoms with Crippen molar-refractivity contribution in [3.05, 3.63) is 85.8 Å². The SMILES string of the molecule is N#C/C(=C\Nc1ccc(F)cc1)c1nc(-c2cc3cc(Br)ccc3oc2=O)cs1. The zero-order valence-electron chi connectivity index (χ0n) is 14.6. The lowest BCUT2D eigenvalue weighted by molar-refractivity contribution is 0.563. The number of hydrogen-bond donors (Lipinski definition) is 1. The summed E-state index contributed by atoms with van der Waals surface area (Å²) < 4.78 is 19.2. The smallest absolute Gasteiger partial charge is 0.345 e. The number of fused-ring (bicyclic) bond motifs is 1. The Morgan fingerprint density at radius 2 is 2.03 bits per heavy atom. The van der Waals surface area contributed by atoms with Gasteiger partial charge in [-0.2, -0.15) is 5.26 Å². The molecule has 4 rings (SSSR count). The fraction of sp³-hybridized carbons (Fsp3) is 0. The number of benzene rings is 2. The second-order valence-electron chi connectivity index (χ2n) is 5.99. The number of anilines is 1. The third-order valence-corrected chi connectivity index (χ3v) is 5.42. The molecule has 0 unspecified atom stereocenters. The van der Waals surface area contributed by atoms with Crippen molar-refractivity contribution in [2.45, 2.75) is 0 Å². The number of nitrogens with zero attached hydrogens (tertiary/aromatic N) is 2. The van der Waals surface area contributed by atoms with Crippen LogP contribution in [0, 0.1) is 17.1 Å². The van der Waals surface area contributed by atoms with Crippen LogP contribution < -0.4 is 10.9 Å². The van der Waals surface area contributed by atoms with E-state index in [0.29, 0.717) is 33.1 Å². The lowest BCUT2D eigenvalue weighted by atomic mass is 10.1. The van der Waals surface area contributed by atoms with Gasteiger partial charge in [0.2, 0.25) is 0 Å². The number of aromatic nitrogens is 1. The van der Waals surface area contributed by atoms with Crippen LogP contribution >= 0.6 is 27.3 Å². The van der Waals surface area contributed by atoms with Crippen LogP contribution in [0.2, 0.25) is 0 Å². The minimum Gasteiger partial charge on any atom is -0.422 e. The fourth-order valence-corrected chi connectivity index (χ4v) is 3.80. The Hall–Kier alpha value is -3.28. The van der Waals surface area contributed by atoms with E-state index in [9.17, 15) is 14.4 Å². The molecule has 29 heavy (non-hydrogen) atoms. The van der Waals surface area contributed by atoms with Crippen molar-refractivity contribution in [1.82, 2.24) is 4.98 Å². The molecule has 0 bridgehead atoms. The Balaban J connectivity index is 1.66. The summed E-state index contributed by atoms with van der Waals surface area (Å²) in [4.78, 5) is 16.8. The maximum absolute atomic E-state index is 13.0. The fourth-order valence-electron chi connectivity index (χ4n) is 2.64. The topological polar surface area (TPSA) is 78.9 Å². The molecule has 2 heterocycles. The van der Waals surface area contributed by atoms with Crippen LogP contribution in [0.4, 0.5) is 10.1 Å². The van der Waals surface area contributed by atoms with Crippen LogP contribution in [0.25, 0.3) is 27.8 Å². The van der Waals surface area contributed by atoms with Gasteiger partial charge in [0, 0.05) is 27.1 Å². The Bertz CT molecular complexity index is 1340. The molecular formula is C21H11BrFN3O2S. The number of nitriles is 1. The van der Waals surface area contributed by atoms with Crippen LogP contribution in [-0.4, -0.2) is 4.98 Å². The first-order valence-corrected chi connectivity index (χ1v) is 10.0. The molecule has 0 radical (unpaired) electrons. The van der Waals surface area contributed by atoms with Gasteiger partial charge in [0.1, 0.15) is 28.1 Å². The summed E-state index contributed by atoms with van der Waals surface area (Å²) in [6, 6.07) is 14.9. The molecule has 8 heteroatoms. The number of thiazole rings is 1. The van der Waals surface area contributed by atoms with E-state index in [1.807, 2.05) is 6.07 Å². The molecule has 0 saturated heterocycles. The van der Waals surface area contributed by atoms with Gasteiger partial charge in [0.25, 0.3) is 0 Å². The van der Waals surface area contributed by atoms with Crippen molar-refractivity contribution in [1.29, 1.82) is 5.26 Å². The quantitative estimate of drug-likeness (QED) is 0.303. The lowest BCUT2D eigenvalue weighted by Crippen LogP contribution is -2.03. The summed E-state index contributed by atoms with van der Waals surface area (Å²) in [5, 5.41) is 15.3. The first-order valence-electron chi connectivity index (χ1n) is 8.35. The number of nitrogens with one attached hydrogen (secondary N) is 1.